The number of aromatic nitrogens is 1. The van der Waals surface area contributed by atoms with Crippen molar-refractivity contribution in [1.29, 1.82) is 0 Å². The van der Waals surface area contributed by atoms with Gasteiger partial charge < -0.3 is 10.0 Å². The second kappa shape index (κ2) is 5.47. The van der Waals surface area contributed by atoms with Crippen molar-refractivity contribution in [2.75, 3.05) is 24.6 Å². The van der Waals surface area contributed by atoms with Crippen molar-refractivity contribution in [3.8, 4) is 0 Å². The van der Waals surface area contributed by atoms with Crippen LogP contribution in [-0.2, 0) is 0 Å². The Hall–Kier alpha value is -1.13. The maximum Gasteiger partial charge on any atom is 0.136 e. The van der Waals surface area contributed by atoms with Gasteiger partial charge in [0.2, 0.25) is 0 Å². The summed E-state index contributed by atoms with van der Waals surface area (Å²) in [6, 6.07) is 8.35. The van der Waals surface area contributed by atoms with Crippen LogP contribution in [0.1, 0.15) is 12.8 Å². The minimum Gasteiger partial charge on any atom is -0.396 e. The fourth-order valence-electron chi connectivity index (χ4n) is 2.72. The van der Waals surface area contributed by atoms with E-state index in [2.05, 4.69) is 50.1 Å². The Kier molecular flexibility index (Phi) is 3.71. The second-order valence-electron chi connectivity index (χ2n) is 5.09. The van der Waals surface area contributed by atoms with Crippen LogP contribution in [0.5, 0.6) is 0 Å². The molecule has 1 N–H and O–H groups in total. The molecule has 0 amide bonds. The molecule has 1 saturated heterocycles. The van der Waals surface area contributed by atoms with Crippen molar-refractivity contribution < 1.29 is 5.11 Å². The van der Waals surface area contributed by atoms with E-state index < -0.39 is 0 Å². The molecule has 0 atom stereocenters. The molecule has 4 heteroatoms. The second-order valence-corrected chi connectivity index (χ2v) is 5.94. The monoisotopic (exact) mass is 320 g/mol. The lowest BCUT2D eigenvalue weighted by atomic mass is 9.97. The van der Waals surface area contributed by atoms with E-state index in [1.54, 1.807) is 0 Å². The SMILES string of the molecule is OCC1CCN(c2ncc(Br)c3ccccc23)CC1. The van der Waals surface area contributed by atoms with Gasteiger partial charge in [-0.25, -0.2) is 4.98 Å². The molecule has 3 nitrogen and oxygen atoms in total. The van der Waals surface area contributed by atoms with Gasteiger partial charge in [-0.2, -0.15) is 0 Å². The van der Waals surface area contributed by atoms with E-state index in [9.17, 15) is 5.11 Å². The largest absolute Gasteiger partial charge is 0.396 e. The third kappa shape index (κ3) is 2.47. The average Bonchev–Trinajstić information content (AvgIpc) is 2.48. The first-order valence-electron chi connectivity index (χ1n) is 6.68. The van der Waals surface area contributed by atoms with Crippen LogP contribution in [0.4, 0.5) is 5.82 Å². The molecule has 3 rings (SSSR count). The van der Waals surface area contributed by atoms with Gasteiger partial charge in [0.05, 0.1) is 0 Å². The first-order valence-corrected chi connectivity index (χ1v) is 7.48. The van der Waals surface area contributed by atoms with Crippen molar-refractivity contribution in [1.82, 2.24) is 4.98 Å². The number of pyridine rings is 1. The van der Waals surface area contributed by atoms with Gasteiger partial charge in [-0.1, -0.05) is 24.3 Å². The highest BCUT2D eigenvalue weighted by atomic mass is 79.9. The summed E-state index contributed by atoms with van der Waals surface area (Å²) in [4.78, 5) is 6.93. The van der Waals surface area contributed by atoms with Crippen LogP contribution in [-0.4, -0.2) is 29.8 Å². The molecule has 1 aliphatic heterocycles. The molecule has 0 radical (unpaired) electrons. The van der Waals surface area contributed by atoms with Gasteiger partial charge in [-0.15, -0.1) is 0 Å². The highest BCUT2D eigenvalue weighted by molar-refractivity contribution is 9.10. The summed E-state index contributed by atoms with van der Waals surface area (Å²) in [6.45, 7) is 2.26. The fraction of sp³-hybridized carbons (Fsp3) is 0.400. The Balaban J connectivity index is 1.95. The Morgan fingerprint density at radius 3 is 2.58 bits per heavy atom. The summed E-state index contributed by atoms with van der Waals surface area (Å²) in [5.41, 5.74) is 0. The van der Waals surface area contributed by atoms with Gasteiger partial charge in [0.15, 0.2) is 0 Å². The van der Waals surface area contributed by atoms with Gasteiger partial charge in [-0.3, -0.25) is 0 Å². The number of piperidine rings is 1. The van der Waals surface area contributed by atoms with E-state index in [0.29, 0.717) is 12.5 Å². The topological polar surface area (TPSA) is 36.4 Å². The van der Waals surface area contributed by atoms with Crippen LogP contribution >= 0.6 is 15.9 Å². The molecule has 0 saturated carbocycles. The van der Waals surface area contributed by atoms with Crippen molar-refractivity contribution >= 4 is 32.5 Å². The van der Waals surface area contributed by atoms with E-state index in [0.717, 1.165) is 36.2 Å². The molecule has 1 aromatic carbocycles. The van der Waals surface area contributed by atoms with Crippen LogP contribution in [0.3, 0.4) is 0 Å². The number of nitrogens with zero attached hydrogens (tertiary/aromatic N) is 2. The zero-order valence-corrected chi connectivity index (χ0v) is 12.3. The molecule has 19 heavy (non-hydrogen) atoms. The Morgan fingerprint density at radius 1 is 1.21 bits per heavy atom. The summed E-state index contributed by atoms with van der Waals surface area (Å²) < 4.78 is 1.04. The normalized spacial score (nSPS) is 17.1. The Labute approximate surface area is 121 Å². The van der Waals surface area contributed by atoms with Gasteiger partial charge in [0.25, 0.3) is 0 Å². The van der Waals surface area contributed by atoms with Gasteiger partial charge >= 0.3 is 0 Å². The van der Waals surface area contributed by atoms with Crippen LogP contribution in [0.25, 0.3) is 10.8 Å². The average molecular weight is 321 g/mol. The number of halogens is 1. The Bertz CT molecular complexity index is 579. The van der Waals surface area contributed by atoms with Crippen molar-refractivity contribution in [2.45, 2.75) is 12.8 Å². The van der Waals surface area contributed by atoms with E-state index in [-0.39, 0.29) is 0 Å². The molecule has 2 aromatic rings. The number of hydrogen-bond acceptors (Lipinski definition) is 3. The maximum atomic E-state index is 9.22. The van der Waals surface area contributed by atoms with Gasteiger partial charge in [-0.05, 0) is 34.7 Å². The van der Waals surface area contributed by atoms with Gasteiger partial charge in [0.1, 0.15) is 5.82 Å². The van der Waals surface area contributed by atoms with E-state index in [1.165, 1.54) is 10.8 Å². The number of hydrogen-bond donors (Lipinski definition) is 1. The first-order chi connectivity index (χ1) is 9.29. The highest BCUT2D eigenvalue weighted by Gasteiger charge is 2.21. The van der Waals surface area contributed by atoms with Crippen LogP contribution < -0.4 is 4.90 Å². The van der Waals surface area contributed by atoms with Crippen LogP contribution in [0.15, 0.2) is 34.9 Å². The predicted octanol–water partition coefficient (Wildman–Crippen LogP) is 3.21. The summed E-state index contributed by atoms with van der Waals surface area (Å²) in [5, 5.41) is 11.6. The molecule has 100 valence electrons. The molecule has 1 aromatic heterocycles. The van der Waals surface area contributed by atoms with E-state index in [4.69, 9.17) is 0 Å². The van der Waals surface area contributed by atoms with Crippen LogP contribution in [0.2, 0.25) is 0 Å². The minimum absolute atomic E-state index is 0.308. The standard InChI is InChI=1S/C15H17BrN2O/c16-14-9-17-15(13-4-2-1-3-12(13)14)18-7-5-11(10-19)6-8-18/h1-4,9,11,19H,5-8,10H2. The van der Waals surface area contributed by atoms with E-state index >= 15 is 0 Å². The maximum absolute atomic E-state index is 9.22. The predicted molar refractivity (Wildman–Crippen MR) is 81.5 cm³/mol. The van der Waals surface area contributed by atoms with Crippen molar-refractivity contribution in [2.24, 2.45) is 5.92 Å². The lowest BCUT2D eigenvalue weighted by Gasteiger charge is -2.32. The molecule has 0 unspecified atom stereocenters. The zero-order valence-electron chi connectivity index (χ0n) is 10.7. The molecule has 0 spiro atoms. The number of aliphatic hydroxyl groups is 1. The van der Waals surface area contributed by atoms with E-state index in [1.807, 2.05) is 6.20 Å². The molecule has 0 bridgehead atoms. The summed E-state index contributed by atoms with van der Waals surface area (Å²) in [7, 11) is 0. The highest BCUT2D eigenvalue weighted by Crippen LogP contribution is 2.31. The number of benzene rings is 1. The third-order valence-corrected chi connectivity index (χ3v) is 4.53. The third-order valence-electron chi connectivity index (χ3n) is 3.90. The first kappa shape index (κ1) is 12.9. The summed E-state index contributed by atoms with van der Waals surface area (Å²) >= 11 is 3.56. The minimum atomic E-state index is 0.308. The molecule has 2 heterocycles. The van der Waals surface area contributed by atoms with Crippen LogP contribution in [0, 0.1) is 5.92 Å². The number of rotatable bonds is 2. The molecule has 1 fully saturated rings. The molecule has 0 aliphatic carbocycles. The Morgan fingerprint density at radius 2 is 1.89 bits per heavy atom. The zero-order chi connectivity index (χ0) is 13.2. The lowest BCUT2D eigenvalue weighted by molar-refractivity contribution is 0.203. The quantitative estimate of drug-likeness (QED) is 0.923. The fourth-order valence-corrected chi connectivity index (χ4v) is 3.17. The number of aliphatic hydroxyl groups excluding tert-OH is 1. The molecular formula is C15H17BrN2O. The smallest absolute Gasteiger partial charge is 0.136 e. The molecule has 1 aliphatic rings. The molecular weight excluding hydrogens is 304 g/mol. The number of anilines is 1. The van der Waals surface area contributed by atoms with Gasteiger partial charge in [0, 0.05) is 41.1 Å². The number of fused-ring (bicyclic) bond motifs is 1. The van der Waals surface area contributed by atoms with Crippen molar-refractivity contribution in [3.63, 3.8) is 0 Å². The van der Waals surface area contributed by atoms with Crippen molar-refractivity contribution in [3.05, 3.63) is 34.9 Å². The summed E-state index contributed by atoms with van der Waals surface area (Å²) in [5.74, 6) is 1.52. The lowest BCUT2D eigenvalue weighted by Crippen LogP contribution is -2.35. The summed E-state index contributed by atoms with van der Waals surface area (Å²) in [6.07, 6.45) is 3.97.